The van der Waals surface area contributed by atoms with Crippen LogP contribution in [-0.4, -0.2) is 35.5 Å². The average Bonchev–Trinajstić information content (AvgIpc) is 2.23. The summed E-state index contributed by atoms with van der Waals surface area (Å²) in [5, 5.41) is 8.95. The van der Waals surface area contributed by atoms with E-state index in [0.29, 0.717) is 13.1 Å². The number of hydrogen-bond donors (Lipinski definition) is 1. The Morgan fingerprint density at radius 3 is 2.06 bits per heavy atom. The molecule has 1 aliphatic heterocycles. The van der Waals surface area contributed by atoms with Crippen molar-refractivity contribution < 1.29 is 14.7 Å². The van der Waals surface area contributed by atoms with E-state index in [9.17, 15) is 9.59 Å². The summed E-state index contributed by atoms with van der Waals surface area (Å²) in [5.41, 5.74) is 0.0302. The Balaban J connectivity index is 2.00. The monoisotopic (exact) mass is 253 g/mol. The van der Waals surface area contributed by atoms with Crippen LogP contribution in [0.15, 0.2) is 0 Å². The lowest BCUT2D eigenvalue weighted by Crippen LogP contribution is -2.58. The summed E-state index contributed by atoms with van der Waals surface area (Å²) in [6, 6.07) is 0. The molecule has 1 spiro atoms. The van der Waals surface area contributed by atoms with Crippen LogP contribution in [0.3, 0.4) is 0 Å². The molecule has 2 aliphatic rings. The SMILES string of the molecule is CC(C)(C)C1(C=O)CC2(CCN(C(=O)O)CC2)C1. The molecule has 0 atom stereocenters. The van der Waals surface area contributed by atoms with Gasteiger partial charge in [0.25, 0.3) is 0 Å². The van der Waals surface area contributed by atoms with Gasteiger partial charge in [-0.25, -0.2) is 4.79 Å². The number of carboxylic acid groups (broad SMARTS) is 1. The van der Waals surface area contributed by atoms with Crippen molar-refractivity contribution in [2.75, 3.05) is 13.1 Å². The fourth-order valence-corrected chi connectivity index (χ4v) is 3.60. The van der Waals surface area contributed by atoms with E-state index in [1.807, 2.05) is 0 Å². The zero-order chi connectivity index (χ0) is 13.6. The van der Waals surface area contributed by atoms with Crippen molar-refractivity contribution in [1.29, 1.82) is 0 Å². The van der Waals surface area contributed by atoms with Crippen LogP contribution in [0.5, 0.6) is 0 Å². The van der Waals surface area contributed by atoms with Crippen LogP contribution >= 0.6 is 0 Å². The highest BCUT2D eigenvalue weighted by Crippen LogP contribution is 2.64. The lowest BCUT2D eigenvalue weighted by atomic mass is 9.43. The summed E-state index contributed by atoms with van der Waals surface area (Å²) in [7, 11) is 0. The van der Waals surface area contributed by atoms with E-state index < -0.39 is 6.09 Å². The Bertz CT molecular complexity index is 354. The Morgan fingerprint density at radius 1 is 1.22 bits per heavy atom. The molecular formula is C14H23NO3. The van der Waals surface area contributed by atoms with Crippen molar-refractivity contribution in [1.82, 2.24) is 4.90 Å². The number of amides is 1. The number of nitrogens with zero attached hydrogens (tertiary/aromatic N) is 1. The number of piperidine rings is 1. The van der Waals surface area contributed by atoms with Gasteiger partial charge in [0, 0.05) is 18.5 Å². The summed E-state index contributed by atoms with van der Waals surface area (Å²) in [6.45, 7) is 7.62. The summed E-state index contributed by atoms with van der Waals surface area (Å²) < 4.78 is 0. The molecule has 0 aromatic heterocycles. The van der Waals surface area contributed by atoms with E-state index in [4.69, 9.17) is 5.11 Å². The van der Waals surface area contributed by atoms with Gasteiger partial charge in [0.05, 0.1) is 0 Å². The lowest BCUT2D eigenvalue weighted by molar-refractivity contribution is -0.156. The minimum atomic E-state index is -0.818. The standard InChI is InChI=1S/C14H23NO3/c1-12(2,3)14(10-16)8-13(9-14)4-6-15(7-5-13)11(17)18/h10H,4-9H2,1-3H3,(H,17,18). The Hall–Kier alpha value is -1.06. The number of carbonyl (C=O) groups excluding carboxylic acids is 1. The third-order valence-electron chi connectivity index (χ3n) is 5.19. The fraction of sp³-hybridized carbons (Fsp3) is 0.857. The Morgan fingerprint density at radius 2 is 1.72 bits per heavy atom. The molecule has 1 saturated carbocycles. The van der Waals surface area contributed by atoms with E-state index in [0.717, 1.165) is 32.0 Å². The third-order valence-corrected chi connectivity index (χ3v) is 5.19. The van der Waals surface area contributed by atoms with Gasteiger partial charge >= 0.3 is 6.09 Å². The second kappa shape index (κ2) is 3.97. The van der Waals surface area contributed by atoms with E-state index in [1.54, 1.807) is 0 Å². The smallest absolute Gasteiger partial charge is 0.407 e. The molecule has 1 saturated heterocycles. The first-order valence-corrected chi connectivity index (χ1v) is 6.68. The number of hydrogen-bond acceptors (Lipinski definition) is 2. The Labute approximate surface area is 108 Å². The number of rotatable bonds is 1. The largest absolute Gasteiger partial charge is 0.465 e. The van der Waals surface area contributed by atoms with Crippen LogP contribution in [0, 0.1) is 16.2 Å². The van der Waals surface area contributed by atoms with Gasteiger partial charge < -0.3 is 14.8 Å². The van der Waals surface area contributed by atoms with Crippen LogP contribution in [-0.2, 0) is 4.79 Å². The van der Waals surface area contributed by atoms with Crippen molar-refractivity contribution in [2.24, 2.45) is 16.2 Å². The van der Waals surface area contributed by atoms with Gasteiger partial charge in [-0.05, 0) is 36.5 Å². The zero-order valence-corrected chi connectivity index (χ0v) is 11.5. The zero-order valence-electron chi connectivity index (χ0n) is 11.5. The molecule has 1 heterocycles. The molecule has 0 unspecified atom stereocenters. The van der Waals surface area contributed by atoms with Gasteiger partial charge in [-0.1, -0.05) is 20.8 Å². The maximum Gasteiger partial charge on any atom is 0.407 e. The van der Waals surface area contributed by atoms with Gasteiger partial charge in [0.2, 0.25) is 0 Å². The quantitative estimate of drug-likeness (QED) is 0.731. The molecule has 2 fully saturated rings. The van der Waals surface area contributed by atoms with E-state index >= 15 is 0 Å². The number of aldehydes is 1. The molecular weight excluding hydrogens is 230 g/mol. The van der Waals surface area contributed by atoms with Crippen molar-refractivity contribution in [3.8, 4) is 0 Å². The highest BCUT2D eigenvalue weighted by atomic mass is 16.4. The van der Waals surface area contributed by atoms with Crippen LogP contribution in [0.25, 0.3) is 0 Å². The minimum absolute atomic E-state index is 0.00390. The van der Waals surface area contributed by atoms with Crippen molar-refractivity contribution >= 4 is 12.4 Å². The molecule has 4 nitrogen and oxygen atoms in total. The molecule has 1 N–H and O–H groups in total. The van der Waals surface area contributed by atoms with Gasteiger partial charge in [0.15, 0.2) is 0 Å². The van der Waals surface area contributed by atoms with Crippen LogP contribution in [0.1, 0.15) is 46.5 Å². The Kier molecular flexibility index (Phi) is 2.95. The van der Waals surface area contributed by atoms with Crippen molar-refractivity contribution in [2.45, 2.75) is 46.5 Å². The van der Waals surface area contributed by atoms with Crippen LogP contribution in [0.2, 0.25) is 0 Å². The molecule has 0 radical (unpaired) electrons. The number of carbonyl (C=O) groups is 2. The predicted molar refractivity (Wildman–Crippen MR) is 68.5 cm³/mol. The van der Waals surface area contributed by atoms with Gasteiger partial charge in [-0.15, -0.1) is 0 Å². The molecule has 0 bridgehead atoms. The second-order valence-corrected chi connectivity index (χ2v) is 7.15. The molecule has 2 rings (SSSR count). The molecule has 1 amide bonds. The van der Waals surface area contributed by atoms with E-state index in [2.05, 4.69) is 20.8 Å². The molecule has 1 aliphatic carbocycles. The minimum Gasteiger partial charge on any atom is -0.465 e. The van der Waals surface area contributed by atoms with Gasteiger partial charge in [0.1, 0.15) is 6.29 Å². The normalized spacial score (nSPS) is 25.6. The molecule has 0 aromatic carbocycles. The predicted octanol–water partition coefficient (Wildman–Crippen LogP) is 2.77. The summed E-state index contributed by atoms with van der Waals surface area (Å²) in [6.07, 6.45) is 4.00. The summed E-state index contributed by atoms with van der Waals surface area (Å²) in [4.78, 5) is 23.8. The van der Waals surface area contributed by atoms with Crippen molar-refractivity contribution in [3.63, 3.8) is 0 Å². The van der Waals surface area contributed by atoms with E-state index in [1.165, 1.54) is 4.90 Å². The lowest BCUT2D eigenvalue weighted by Gasteiger charge is -2.61. The molecule has 18 heavy (non-hydrogen) atoms. The first-order chi connectivity index (χ1) is 8.24. The first-order valence-electron chi connectivity index (χ1n) is 6.68. The van der Waals surface area contributed by atoms with Crippen LogP contribution < -0.4 is 0 Å². The maximum absolute atomic E-state index is 11.4. The first kappa shape index (κ1) is 13.4. The third kappa shape index (κ3) is 1.91. The fourth-order valence-electron chi connectivity index (χ4n) is 3.60. The molecule has 0 aromatic rings. The molecule has 4 heteroatoms. The summed E-state index contributed by atoms with van der Waals surface area (Å²) >= 11 is 0. The topological polar surface area (TPSA) is 57.6 Å². The van der Waals surface area contributed by atoms with Gasteiger partial charge in [-0.2, -0.15) is 0 Å². The van der Waals surface area contributed by atoms with Crippen molar-refractivity contribution in [3.05, 3.63) is 0 Å². The van der Waals surface area contributed by atoms with Gasteiger partial charge in [-0.3, -0.25) is 0 Å². The average molecular weight is 253 g/mol. The number of likely N-dealkylation sites (tertiary alicyclic amines) is 1. The second-order valence-electron chi connectivity index (χ2n) is 7.15. The maximum atomic E-state index is 11.4. The van der Waals surface area contributed by atoms with E-state index in [-0.39, 0.29) is 16.2 Å². The highest BCUT2D eigenvalue weighted by Gasteiger charge is 2.59. The highest BCUT2D eigenvalue weighted by molar-refractivity contribution is 5.65. The molecule has 102 valence electrons. The van der Waals surface area contributed by atoms with Crippen LogP contribution in [0.4, 0.5) is 4.79 Å². The summed E-state index contributed by atoms with van der Waals surface area (Å²) in [5.74, 6) is 0.